The van der Waals surface area contributed by atoms with Crippen molar-refractivity contribution < 1.29 is 9.13 Å². The smallest absolute Gasteiger partial charge is 0.147 e. The molecule has 2 rings (SSSR count). The summed E-state index contributed by atoms with van der Waals surface area (Å²) in [6, 6.07) is 8.03. The van der Waals surface area contributed by atoms with Crippen LogP contribution in [-0.4, -0.2) is 11.8 Å². The van der Waals surface area contributed by atoms with Gasteiger partial charge in [-0.1, -0.05) is 26.0 Å². The second kappa shape index (κ2) is 4.67. The maximum Gasteiger partial charge on any atom is 0.147 e. The van der Waals surface area contributed by atoms with E-state index in [9.17, 15) is 4.39 Å². The number of hydrogen-bond donors (Lipinski definition) is 0. The summed E-state index contributed by atoms with van der Waals surface area (Å²) in [5.74, 6) is 1.43. The highest BCUT2D eigenvalue weighted by atomic mass is 19.1. The normalized spacial score (nSPS) is 19.1. The molecule has 1 fully saturated rings. The van der Waals surface area contributed by atoms with Crippen LogP contribution in [0, 0.1) is 5.92 Å². The fourth-order valence-corrected chi connectivity index (χ4v) is 2.01. The molecule has 1 unspecified atom stereocenters. The first-order valence-corrected chi connectivity index (χ1v) is 6.44. The van der Waals surface area contributed by atoms with E-state index in [1.807, 2.05) is 19.1 Å². The number of hydrogen-bond acceptors (Lipinski definition) is 1. The standard InChI is InChI=1S/C15H21FO/c1-11(2)10-13-4-6-14(7-5-13)17-12(3)15(16)8-9-15/h4-7,11-12H,8-10H2,1-3H3. The molecule has 17 heavy (non-hydrogen) atoms. The molecule has 1 nitrogen and oxygen atoms in total. The minimum atomic E-state index is -1.07. The van der Waals surface area contributed by atoms with Crippen molar-refractivity contribution in [2.24, 2.45) is 5.92 Å². The highest BCUT2D eigenvalue weighted by molar-refractivity contribution is 5.28. The van der Waals surface area contributed by atoms with E-state index in [-0.39, 0.29) is 6.10 Å². The lowest BCUT2D eigenvalue weighted by molar-refractivity contribution is 0.0971. The average Bonchev–Trinajstić information content (AvgIpc) is 3.00. The number of rotatable bonds is 5. The number of ether oxygens (including phenoxy) is 1. The molecule has 1 aliphatic rings. The van der Waals surface area contributed by atoms with Gasteiger partial charge >= 0.3 is 0 Å². The summed E-state index contributed by atoms with van der Waals surface area (Å²) in [4.78, 5) is 0. The Hall–Kier alpha value is -1.05. The van der Waals surface area contributed by atoms with Crippen molar-refractivity contribution in [2.75, 3.05) is 0 Å². The van der Waals surface area contributed by atoms with Crippen LogP contribution >= 0.6 is 0 Å². The van der Waals surface area contributed by atoms with Gasteiger partial charge in [-0.15, -0.1) is 0 Å². The molecule has 0 spiro atoms. The van der Waals surface area contributed by atoms with E-state index in [4.69, 9.17) is 4.74 Å². The van der Waals surface area contributed by atoms with Gasteiger partial charge in [-0.2, -0.15) is 0 Å². The topological polar surface area (TPSA) is 9.23 Å². The van der Waals surface area contributed by atoms with Crippen molar-refractivity contribution in [3.8, 4) is 5.75 Å². The summed E-state index contributed by atoms with van der Waals surface area (Å²) in [5, 5.41) is 0. The zero-order valence-electron chi connectivity index (χ0n) is 10.9. The highest BCUT2D eigenvalue weighted by Crippen LogP contribution is 2.44. The SMILES string of the molecule is CC(C)Cc1ccc(OC(C)C2(F)CC2)cc1. The molecule has 0 aliphatic heterocycles. The molecule has 1 aromatic rings. The van der Waals surface area contributed by atoms with Crippen molar-refractivity contribution in [3.63, 3.8) is 0 Å². The molecule has 0 amide bonds. The Morgan fingerprint density at radius 3 is 2.24 bits per heavy atom. The van der Waals surface area contributed by atoms with Crippen molar-refractivity contribution in [2.45, 2.75) is 51.8 Å². The minimum absolute atomic E-state index is 0.335. The second-order valence-corrected chi connectivity index (χ2v) is 5.54. The van der Waals surface area contributed by atoms with Crippen LogP contribution in [0.25, 0.3) is 0 Å². The monoisotopic (exact) mass is 236 g/mol. The molecule has 0 saturated heterocycles. The van der Waals surface area contributed by atoms with Crippen LogP contribution < -0.4 is 4.74 Å². The summed E-state index contributed by atoms with van der Waals surface area (Å²) < 4.78 is 19.3. The van der Waals surface area contributed by atoms with Crippen molar-refractivity contribution in [1.29, 1.82) is 0 Å². The summed E-state index contributed by atoms with van der Waals surface area (Å²) in [5.41, 5.74) is 0.234. The van der Waals surface area contributed by atoms with Gasteiger partial charge in [-0.25, -0.2) is 4.39 Å². The van der Waals surface area contributed by atoms with E-state index in [1.54, 1.807) is 0 Å². The Bertz CT molecular complexity index is 365. The lowest BCUT2D eigenvalue weighted by Crippen LogP contribution is -2.26. The molecule has 0 radical (unpaired) electrons. The molecule has 0 bridgehead atoms. The van der Waals surface area contributed by atoms with Gasteiger partial charge in [0.15, 0.2) is 0 Å². The minimum Gasteiger partial charge on any atom is -0.487 e. The summed E-state index contributed by atoms with van der Waals surface area (Å²) in [6.45, 7) is 6.22. The largest absolute Gasteiger partial charge is 0.487 e. The Morgan fingerprint density at radius 2 is 1.76 bits per heavy atom. The Labute approximate surface area is 103 Å². The molecule has 0 heterocycles. The van der Waals surface area contributed by atoms with Gasteiger partial charge in [-0.3, -0.25) is 0 Å². The fourth-order valence-electron chi connectivity index (χ4n) is 2.01. The third-order valence-corrected chi connectivity index (χ3v) is 3.34. The van der Waals surface area contributed by atoms with Crippen LogP contribution in [0.1, 0.15) is 39.2 Å². The van der Waals surface area contributed by atoms with Gasteiger partial charge in [0.2, 0.25) is 0 Å². The zero-order chi connectivity index (χ0) is 12.5. The van der Waals surface area contributed by atoms with Gasteiger partial charge in [0.1, 0.15) is 17.5 Å². The fraction of sp³-hybridized carbons (Fsp3) is 0.600. The van der Waals surface area contributed by atoms with Crippen LogP contribution in [0.3, 0.4) is 0 Å². The van der Waals surface area contributed by atoms with Crippen LogP contribution in [0.2, 0.25) is 0 Å². The average molecular weight is 236 g/mol. The van der Waals surface area contributed by atoms with E-state index < -0.39 is 5.67 Å². The van der Waals surface area contributed by atoms with Gasteiger partial charge < -0.3 is 4.74 Å². The van der Waals surface area contributed by atoms with Crippen LogP contribution in [0.4, 0.5) is 4.39 Å². The molecule has 0 aromatic heterocycles. The first-order chi connectivity index (χ1) is 7.99. The Kier molecular flexibility index (Phi) is 3.41. The van der Waals surface area contributed by atoms with E-state index in [0.29, 0.717) is 18.8 Å². The van der Waals surface area contributed by atoms with Crippen molar-refractivity contribution in [1.82, 2.24) is 0 Å². The third-order valence-electron chi connectivity index (χ3n) is 3.34. The van der Waals surface area contributed by atoms with Gasteiger partial charge in [0, 0.05) is 0 Å². The first kappa shape index (κ1) is 12.4. The molecular formula is C15H21FO. The quantitative estimate of drug-likeness (QED) is 0.746. The predicted octanol–water partition coefficient (Wildman–Crippen LogP) is 4.15. The number of halogens is 1. The molecule has 1 aliphatic carbocycles. The van der Waals surface area contributed by atoms with Crippen molar-refractivity contribution in [3.05, 3.63) is 29.8 Å². The summed E-state index contributed by atoms with van der Waals surface area (Å²) in [7, 11) is 0. The number of alkyl halides is 1. The van der Waals surface area contributed by atoms with E-state index >= 15 is 0 Å². The molecule has 1 saturated carbocycles. The van der Waals surface area contributed by atoms with Crippen molar-refractivity contribution >= 4 is 0 Å². The van der Waals surface area contributed by atoms with Crippen LogP contribution in [-0.2, 0) is 6.42 Å². The predicted molar refractivity (Wildman–Crippen MR) is 68.1 cm³/mol. The lowest BCUT2D eigenvalue weighted by Gasteiger charge is -2.18. The highest BCUT2D eigenvalue weighted by Gasteiger charge is 2.49. The van der Waals surface area contributed by atoms with Gasteiger partial charge in [-0.05, 0) is 49.8 Å². The summed E-state index contributed by atoms with van der Waals surface area (Å²) in [6.07, 6.45) is 2.01. The first-order valence-electron chi connectivity index (χ1n) is 6.44. The van der Waals surface area contributed by atoms with E-state index in [1.165, 1.54) is 5.56 Å². The van der Waals surface area contributed by atoms with Crippen LogP contribution in [0.15, 0.2) is 24.3 Å². The molecule has 94 valence electrons. The summed E-state index contributed by atoms with van der Waals surface area (Å²) >= 11 is 0. The molecule has 2 heteroatoms. The van der Waals surface area contributed by atoms with Crippen LogP contribution in [0.5, 0.6) is 5.75 Å². The van der Waals surface area contributed by atoms with E-state index in [2.05, 4.69) is 26.0 Å². The van der Waals surface area contributed by atoms with E-state index in [0.717, 1.165) is 12.2 Å². The molecular weight excluding hydrogens is 215 g/mol. The maximum atomic E-state index is 13.7. The number of benzene rings is 1. The second-order valence-electron chi connectivity index (χ2n) is 5.54. The third kappa shape index (κ3) is 3.21. The zero-order valence-corrected chi connectivity index (χ0v) is 10.9. The molecule has 0 N–H and O–H groups in total. The van der Waals surface area contributed by atoms with Gasteiger partial charge in [0.05, 0.1) is 0 Å². The Balaban J connectivity index is 1.93. The molecule has 1 atom stereocenters. The Morgan fingerprint density at radius 1 is 1.18 bits per heavy atom. The maximum absolute atomic E-state index is 13.7. The lowest BCUT2D eigenvalue weighted by atomic mass is 10.0. The molecule has 1 aromatic carbocycles. The van der Waals surface area contributed by atoms with Gasteiger partial charge in [0.25, 0.3) is 0 Å².